The molecule has 0 fully saturated rings. The van der Waals surface area contributed by atoms with Gasteiger partial charge in [0, 0.05) is 5.69 Å². The Labute approximate surface area is 207 Å². The van der Waals surface area contributed by atoms with Gasteiger partial charge in [-0.3, -0.25) is 15.0 Å². The predicted molar refractivity (Wildman–Crippen MR) is 134 cm³/mol. The smallest absolute Gasteiger partial charge is 0.249 e. The molecule has 0 heterocycles. The number of nitrogens with one attached hydrogen (secondary N) is 3. The molecule has 0 bridgehead atoms. The molecule has 0 unspecified atom stereocenters. The van der Waals surface area contributed by atoms with Gasteiger partial charge in [0.05, 0.1) is 13.2 Å². The van der Waals surface area contributed by atoms with Gasteiger partial charge in [0.15, 0.2) is 6.21 Å². The van der Waals surface area contributed by atoms with E-state index in [2.05, 4.69) is 21.2 Å². The molecule has 0 spiro atoms. The second-order valence-corrected chi connectivity index (χ2v) is 7.50. The first-order valence-corrected chi connectivity index (χ1v) is 11.1. The van der Waals surface area contributed by atoms with E-state index in [1.807, 2.05) is 30.3 Å². The van der Waals surface area contributed by atoms with E-state index in [0.29, 0.717) is 17.2 Å². The van der Waals surface area contributed by atoms with E-state index in [0.717, 1.165) is 5.56 Å². The van der Waals surface area contributed by atoms with Crippen LogP contribution in [0.3, 0.4) is 0 Å². The molecule has 0 aliphatic heterocycles. The first kappa shape index (κ1) is 26.0. The molecule has 0 aliphatic carbocycles. The number of ether oxygens (including phenoxy) is 2. The Bertz CT molecular complexity index is 1160. The molecule has 2 amide bonds. The number of hydrogen-bond acceptors (Lipinski definition) is 6. The van der Waals surface area contributed by atoms with Crippen LogP contribution in [-0.4, -0.2) is 43.4 Å². The highest BCUT2D eigenvalue weighted by Gasteiger charge is 2.21. The summed E-state index contributed by atoms with van der Waals surface area (Å²) < 4.78 is 24.4. The van der Waals surface area contributed by atoms with Crippen LogP contribution in [0.5, 0.6) is 11.5 Å². The fraction of sp³-hybridized carbons (Fsp3) is 0.154. The summed E-state index contributed by atoms with van der Waals surface area (Å²) in [5, 5.41) is 14.3. The molecule has 36 heavy (non-hydrogen) atoms. The largest absolute Gasteiger partial charge is 0.457 e. The van der Waals surface area contributed by atoms with Gasteiger partial charge in [0.2, 0.25) is 11.8 Å². The fourth-order valence-electron chi connectivity index (χ4n) is 2.98. The Balaban J connectivity index is 1.59. The third kappa shape index (κ3) is 8.99. The third-order valence-electron chi connectivity index (χ3n) is 4.71. The van der Waals surface area contributed by atoms with Crippen LogP contribution in [0.25, 0.3) is 0 Å². The molecule has 1 atom stereocenters. The SMILES string of the molecule is [NH2+]=C/C=N\NCC(=O)N[C@@H](COCc1ccccc1)C(=O)Nc1ccc(Oc2ccc(F)cc2)cc1. The minimum atomic E-state index is -0.955. The highest BCUT2D eigenvalue weighted by molar-refractivity contribution is 6.12. The molecule has 3 aromatic carbocycles. The van der Waals surface area contributed by atoms with Gasteiger partial charge < -0.3 is 25.5 Å². The van der Waals surface area contributed by atoms with Crippen molar-refractivity contribution < 1.29 is 28.9 Å². The monoisotopic (exact) mass is 492 g/mol. The van der Waals surface area contributed by atoms with E-state index in [1.165, 1.54) is 36.7 Å². The molecule has 0 radical (unpaired) electrons. The minimum Gasteiger partial charge on any atom is -0.457 e. The molecule has 0 saturated heterocycles. The molecule has 3 aromatic rings. The third-order valence-corrected chi connectivity index (χ3v) is 4.71. The molecule has 10 heteroatoms. The maximum atomic E-state index is 13.1. The van der Waals surface area contributed by atoms with Crippen LogP contribution in [0, 0.1) is 5.82 Å². The lowest BCUT2D eigenvalue weighted by Crippen LogP contribution is -2.48. The average Bonchev–Trinajstić information content (AvgIpc) is 2.89. The van der Waals surface area contributed by atoms with Crippen LogP contribution in [0.1, 0.15) is 5.56 Å². The van der Waals surface area contributed by atoms with Gasteiger partial charge in [0.25, 0.3) is 0 Å². The molecule has 0 aliphatic rings. The number of anilines is 1. The van der Waals surface area contributed by atoms with Gasteiger partial charge in [-0.2, -0.15) is 5.10 Å². The number of nitrogens with two attached hydrogens (primary N) is 1. The minimum absolute atomic E-state index is 0.0436. The Kier molecular flexibility index (Phi) is 10.1. The normalized spacial score (nSPS) is 11.5. The van der Waals surface area contributed by atoms with Crippen molar-refractivity contribution in [1.29, 1.82) is 0 Å². The van der Waals surface area contributed by atoms with Crippen molar-refractivity contribution in [2.24, 2.45) is 5.10 Å². The van der Waals surface area contributed by atoms with Crippen molar-refractivity contribution in [1.82, 2.24) is 10.7 Å². The van der Waals surface area contributed by atoms with E-state index in [1.54, 1.807) is 24.3 Å². The number of nitrogens with zero attached hydrogens (tertiary/aromatic N) is 1. The zero-order chi connectivity index (χ0) is 25.6. The number of halogens is 1. The fourth-order valence-corrected chi connectivity index (χ4v) is 2.98. The summed E-state index contributed by atoms with van der Waals surface area (Å²) in [6.07, 6.45) is 2.51. The summed E-state index contributed by atoms with van der Waals surface area (Å²) in [5.41, 5.74) is 3.96. The van der Waals surface area contributed by atoms with E-state index >= 15 is 0 Å². The highest BCUT2D eigenvalue weighted by Crippen LogP contribution is 2.23. The second-order valence-electron chi connectivity index (χ2n) is 7.50. The van der Waals surface area contributed by atoms with Crippen LogP contribution < -0.4 is 26.2 Å². The zero-order valence-corrected chi connectivity index (χ0v) is 19.4. The van der Waals surface area contributed by atoms with Crippen molar-refractivity contribution >= 4 is 29.9 Å². The Morgan fingerprint density at radius 2 is 1.64 bits per heavy atom. The number of benzene rings is 3. The highest BCUT2D eigenvalue weighted by atomic mass is 19.1. The van der Waals surface area contributed by atoms with Gasteiger partial charge >= 0.3 is 0 Å². The second kappa shape index (κ2) is 14.0. The van der Waals surface area contributed by atoms with Gasteiger partial charge in [0.1, 0.15) is 36.1 Å². The van der Waals surface area contributed by atoms with E-state index in [4.69, 9.17) is 14.9 Å². The number of amides is 2. The van der Waals surface area contributed by atoms with E-state index in [-0.39, 0.29) is 25.6 Å². The van der Waals surface area contributed by atoms with Crippen LogP contribution in [0.4, 0.5) is 10.1 Å². The Hall–Kier alpha value is -4.57. The Morgan fingerprint density at radius 1 is 0.972 bits per heavy atom. The number of rotatable bonds is 13. The molecule has 5 N–H and O–H groups in total. The van der Waals surface area contributed by atoms with Crippen LogP contribution in [0.2, 0.25) is 0 Å². The van der Waals surface area contributed by atoms with Crippen LogP contribution in [0.15, 0.2) is 84.0 Å². The number of hydrogen-bond donors (Lipinski definition) is 4. The molecule has 186 valence electrons. The molecular weight excluding hydrogens is 465 g/mol. The van der Waals surface area contributed by atoms with E-state index < -0.39 is 17.9 Å². The van der Waals surface area contributed by atoms with Crippen molar-refractivity contribution in [2.75, 3.05) is 18.5 Å². The summed E-state index contributed by atoms with van der Waals surface area (Å²) in [6.45, 7) is 0.0884. The van der Waals surface area contributed by atoms with Gasteiger partial charge in [-0.05, 0) is 54.1 Å². The summed E-state index contributed by atoms with van der Waals surface area (Å²) in [5.74, 6) is -0.267. The molecular formula is C26H27FN5O4+. The van der Waals surface area contributed by atoms with E-state index in [9.17, 15) is 14.0 Å². The average molecular weight is 493 g/mol. The van der Waals surface area contributed by atoms with Crippen molar-refractivity contribution in [3.63, 3.8) is 0 Å². The Morgan fingerprint density at radius 3 is 2.31 bits per heavy atom. The topological polar surface area (TPSA) is 127 Å². The summed E-state index contributed by atoms with van der Waals surface area (Å²) >= 11 is 0. The lowest BCUT2D eigenvalue weighted by molar-refractivity contribution is -0.127. The molecule has 9 nitrogen and oxygen atoms in total. The summed E-state index contributed by atoms with van der Waals surface area (Å²) in [7, 11) is 0. The molecule has 0 aromatic heterocycles. The maximum absolute atomic E-state index is 13.1. The number of carbonyl (C=O) groups excluding carboxylic acids is 2. The lowest BCUT2D eigenvalue weighted by Gasteiger charge is -2.19. The lowest BCUT2D eigenvalue weighted by atomic mass is 10.2. The van der Waals surface area contributed by atoms with Crippen LogP contribution in [-0.2, 0) is 20.9 Å². The van der Waals surface area contributed by atoms with Gasteiger partial charge in [-0.1, -0.05) is 30.3 Å². The quantitative estimate of drug-likeness (QED) is 0.213. The first-order chi connectivity index (χ1) is 17.5. The first-order valence-electron chi connectivity index (χ1n) is 11.1. The number of carbonyl (C=O) groups is 2. The molecule has 3 rings (SSSR count). The standard InChI is InChI=1S/C26H26FN5O4/c27-20-6-10-22(11-7-20)36-23-12-8-21(9-13-23)31-26(34)24(32-25(33)16-30-29-15-14-28)18-35-17-19-4-2-1-3-5-19/h1-15,24,28,30H,16-18H2,(H,31,34)(H,32,33)/p+1/b28-14?,29-15-/t24-/m0/s1. The van der Waals surface area contributed by atoms with Crippen LogP contribution >= 0.6 is 0 Å². The van der Waals surface area contributed by atoms with Gasteiger partial charge in [-0.25, -0.2) is 4.39 Å². The summed E-state index contributed by atoms with van der Waals surface area (Å²) in [6, 6.07) is 20.8. The van der Waals surface area contributed by atoms with Crippen molar-refractivity contribution in [3.8, 4) is 11.5 Å². The molecule has 0 saturated carbocycles. The maximum Gasteiger partial charge on any atom is 0.249 e. The summed E-state index contributed by atoms with van der Waals surface area (Å²) in [4.78, 5) is 25.2. The van der Waals surface area contributed by atoms with Gasteiger partial charge in [-0.15, -0.1) is 0 Å². The predicted octanol–water partition coefficient (Wildman–Crippen LogP) is 1.66. The number of hydrazone groups is 1. The zero-order valence-electron chi connectivity index (χ0n) is 19.4. The van der Waals surface area contributed by atoms with Crippen molar-refractivity contribution in [3.05, 3.63) is 90.2 Å². The van der Waals surface area contributed by atoms with Crippen molar-refractivity contribution in [2.45, 2.75) is 12.6 Å².